The van der Waals surface area contributed by atoms with E-state index in [1.807, 2.05) is 0 Å². The topological polar surface area (TPSA) is 51.8 Å². The fourth-order valence-electron chi connectivity index (χ4n) is 1.84. The summed E-state index contributed by atoms with van der Waals surface area (Å²) in [5, 5.41) is 0. The van der Waals surface area contributed by atoms with E-state index >= 15 is 0 Å². The third kappa shape index (κ3) is 1.26. The lowest BCUT2D eigenvalue weighted by atomic mass is 10.0. The van der Waals surface area contributed by atoms with E-state index in [0.717, 1.165) is 11.4 Å². The van der Waals surface area contributed by atoms with Gasteiger partial charge >= 0.3 is 0 Å². The molecule has 0 aliphatic heterocycles. The minimum absolute atomic E-state index is 0.559. The van der Waals surface area contributed by atoms with Gasteiger partial charge in [-0.2, -0.15) is 0 Å². The van der Waals surface area contributed by atoms with E-state index < -0.39 is 0 Å². The molecule has 0 unspecified atom stereocenters. The van der Waals surface area contributed by atoms with Crippen molar-refractivity contribution in [2.24, 2.45) is 0 Å². The van der Waals surface area contributed by atoms with Crippen LogP contribution >= 0.6 is 0 Å². The van der Waals surface area contributed by atoms with Gasteiger partial charge in [-0.3, -0.25) is 0 Å². The molecule has 1 aliphatic carbocycles. The van der Waals surface area contributed by atoms with Crippen LogP contribution in [-0.2, 0) is 0 Å². The van der Waals surface area contributed by atoms with Gasteiger partial charge in [0.05, 0.1) is 17.6 Å². The van der Waals surface area contributed by atoms with Crippen LogP contribution in [0.5, 0.6) is 0 Å². The van der Waals surface area contributed by atoms with E-state index in [4.69, 9.17) is 5.73 Å². The molecule has 1 aliphatic rings. The molecule has 0 saturated heterocycles. The van der Waals surface area contributed by atoms with E-state index in [0.29, 0.717) is 5.92 Å². The number of hydrogen-bond donors (Lipinski definition) is 1. The number of nitrogen functional groups attached to an aromatic ring is 1. The second kappa shape index (κ2) is 3.09. The fraction of sp³-hybridized carbons (Fsp3) is 0.556. The van der Waals surface area contributed by atoms with E-state index in [1.54, 1.807) is 6.20 Å². The quantitative estimate of drug-likeness (QED) is 0.681. The Morgan fingerprint density at radius 3 is 2.83 bits per heavy atom. The first-order valence-electron chi connectivity index (χ1n) is 4.36. The Hall–Kier alpha value is -1.12. The van der Waals surface area contributed by atoms with Gasteiger partial charge in [-0.05, 0) is 12.8 Å². The fourth-order valence-corrected chi connectivity index (χ4v) is 1.84. The molecule has 1 aromatic heterocycles. The molecule has 1 aromatic rings. The zero-order chi connectivity index (χ0) is 8.39. The highest BCUT2D eigenvalue weighted by atomic mass is 14.9. The summed E-state index contributed by atoms with van der Waals surface area (Å²) in [6, 6.07) is 0. The normalized spacial score (nSPS) is 18.3. The van der Waals surface area contributed by atoms with Gasteiger partial charge in [0.15, 0.2) is 6.33 Å². The third-order valence-electron chi connectivity index (χ3n) is 2.47. The maximum absolute atomic E-state index is 5.76. The average molecular weight is 162 g/mol. The molecule has 0 bridgehead atoms. The molecule has 12 heavy (non-hydrogen) atoms. The Bertz CT molecular complexity index is 266. The number of anilines is 1. The molecule has 0 atom stereocenters. The zero-order valence-corrected chi connectivity index (χ0v) is 6.95. The predicted molar refractivity (Wildman–Crippen MR) is 46.5 cm³/mol. The molecule has 1 heterocycles. The molecule has 0 spiro atoms. The summed E-state index contributed by atoms with van der Waals surface area (Å²) in [6.07, 6.45) is 9.27. The van der Waals surface area contributed by atoms with Gasteiger partial charge in [0.2, 0.25) is 0 Å². The largest absolute Gasteiger partial charge is 0.396 e. The smallest absolute Gasteiger partial charge is 0.198 e. The summed E-state index contributed by atoms with van der Waals surface area (Å²) in [5.74, 6) is 0.559. The van der Waals surface area contributed by atoms with Crippen LogP contribution in [0.4, 0.5) is 5.69 Å². The van der Waals surface area contributed by atoms with Crippen LogP contribution in [0.2, 0.25) is 0 Å². The Kier molecular flexibility index (Phi) is 1.94. The van der Waals surface area contributed by atoms with Crippen molar-refractivity contribution in [3.05, 3.63) is 18.2 Å². The van der Waals surface area contributed by atoms with Gasteiger partial charge in [-0.1, -0.05) is 12.8 Å². The van der Waals surface area contributed by atoms with Crippen molar-refractivity contribution in [2.75, 3.05) is 5.73 Å². The van der Waals surface area contributed by atoms with Gasteiger partial charge in [0.1, 0.15) is 0 Å². The summed E-state index contributed by atoms with van der Waals surface area (Å²) in [4.78, 5) is 7.85. The lowest BCUT2D eigenvalue weighted by Crippen LogP contribution is -2.02. The van der Waals surface area contributed by atoms with Crippen molar-refractivity contribution >= 4 is 5.69 Å². The van der Waals surface area contributed by atoms with Gasteiger partial charge < -0.3 is 5.73 Å². The summed E-state index contributed by atoms with van der Waals surface area (Å²) in [5.41, 5.74) is 7.48. The van der Waals surface area contributed by atoms with Crippen molar-refractivity contribution in [1.82, 2.24) is 9.97 Å². The average Bonchev–Trinajstić information content (AvgIpc) is 2.57. The molecule has 1 saturated carbocycles. The van der Waals surface area contributed by atoms with Crippen LogP contribution in [0.15, 0.2) is 6.20 Å². The molecule has 0 aromatic carbocycles. The molecule has 2 rings (SSSR count). The molecule has 3 nitrogen and oxygen atoms in total. The van der Waals surface area contributed by atoms with Crippen LogP contribution in [0, 0.1) is 6.33 Å². The highest BCUT2D eigenvalue weighted by Gasteiger charge is 2.20. The maximum atomic E-state index is 5.76. The highest BCUT2D eigenvalue weighted by Crippen LogP contribution is 2.34. The van der Waals surface area contributed by atoms with Crippen molar-refractivity contribution in [3.8, 4) is 0 Å². The van der Waals surface area contributed by atoms with E-state index in [2.05, 4.69) is 16.3 Å². The van der Waals surface area contributed by atoms with Crippen molar-refractivity contribution in [2.45, 2.75) is 31.6 Å². The molecule has 1 radical (unpaired) electrons. The summed E-state index contributed by atoms with van der Waals surface area (Å²) in [6.45, 7) is 0. The molecule has 63 valence electrons. The predicted octanol–water partition coefficient (Wildman–Crippen LogP) is 1.52. The molecule has 0 amide bonds. The molecular formula is C9H12N3. The van der Waals surface area contributed by atoms with Crippen molar-refractivity contribution in [1.29, 1.82) is 0 Å². The minimum atomic E-state index is 0.559. The second-order valence-corrected chi connectivity index (χ2v) is 3.29. The lowest BCUT2D eigenvalue weighted by molar-refractivity contribution is 0.696. The number of nitrogens with two attached hydrogens (primary N) is 1. The third-order valence-corrected chi connectivity index (χ3v) is 2.47. The van der Waals surface area contributed by atoms with Crippen LogP contribution in [0.1, 0.15) is 37.3 Å². The van der Waals surface area contributed by atoms with Gasteiger partial charge in [-0.25, -0.2) is 9.97 Å². The summed E-state index contributed by atoms with van der Waals surface area (Å²) in [7, 11) is 0. The molecular weight excluding hydrogens is 150 g/mol. The molecule has 2 N–H and O–H groups in total. The number of aromatic nitrogens is 2. The van der Waals surface area contributed by atoms with Gasteiger partial charge in [0, 0.05) is 5.92 Å². The van der Waals surface area contributed by atoms with Crippen molar-refractivity contribution in [3.63, 3.8) is 0 Å². The molecule has 1 fully saturated rings. The first-order valence-corrected chi connectivity index (χ1v) is 4.36. The van der Waals surface area contributed by atoms with Crippen LogP contribution in [0.3, 0.4) is 0 Å². The SMILES string of the molecule is Nc1cn[c]nc1C1CCCC1. The highest BCUT2D eigenvalue weighted by molar-refractivity contribution is 5.41. The van der Waals surface area contributed by atoms with E-state index in [-0.39, 0.29) is 0 Å². The monoisotopic (exact) mass is 162 g/mol. The summed E-state index contributed by atoms with van der Waals surface area (Å²) >= 11 is 0. The maximum Gasteiger partial charge on any atom is 0.198 e. The second-order valence-electron chi connectivity index (χ2n) is 3.29. The van der Waals surface area contributed by atoms with E-state index in [1.165, 1.54) is 25.7 Å². The zero-order valence-electron chi connectivity index (χ0n) is 6.95. The number of rotatable bonds is 1. The van der Waals surface area contributed by atoms with Crippen LogP contribution in [0.25, 0.3) is 0 Å². The minimum Gasteiger partial charge on any atom is -0.396 e. The lowest BCUT2D eigenvalue weighted by Gasteiger charge is -2.08. The summed E-state index contributed by atoms with van der Waals surface area (Å²) < 4.78 is 0. The Balaban J connectivity index is 2.26. The standard InChI is InChI=1S/C9H12N3/c10-8-5-11-6-12-9(8)7-3-1-2-4-7/h5,7H,1-4,10H2. The first kappa shape index (κ1) is 7.53. The Morgan fingerprint density at radius 2 is 2.17 bits per heavy atom. The van der Waals surface area contributed by atoms with Crippen LogP contribution < -0.4 is 5.73 Å². The van der Waals surface area contributed by atoms with E-state index in [9.17, 15) is 0 Å². The number of nitrogens with zero attached hydrogens (tertiary/aromatic N) is 2. The number of hydrogen-bond acceptors (Lipinski definition) is 3. The van der Waals surface area contributed by atoms with Crippen molar-refractivity contribution < 1.29 is 0 Å². The Labute approximate surface area is 72.0 Å². The van der Waals surface area contributed by atoms with Crippen LogP contribution in [-0.4, -0.2) is 9.97 Å². The molecule has 3 heteroatoms. The van der Waals surface area contributed by atoms with Gasteiger partial charge in [-0.15, -0.1) is 0 Å². The first-order chi connectivity index (χ1) is 5.88. The van der Waals surface area contributed by atoms with Gasteiger partial charge in [0.25, 0.3) is 0 Å². The Morgan fingerprint density at radius 1 is 1.42 bits per heavy atom.